The Labute approximate surface area is 136 Å². The minimum Gasteiger partial charge on any atom is -0.379 e. The van der Waals surface area contributed by atoms with Crippen LogP contribution in [-0.4, -0.2) is 59.2 Å². The van der Waals surface area contributed by atoms with Gasteiger partial charge in [-0.05, 0) is 25.1 Å². The van der Waals surface area contributed by atoms with Gasteiger partial charge in [0, 0.05) is 49.3 Å². The van der Waals surface area contributed by atoms with Crippen molar-refractivity contribution in [2.45, 2.75) is 13.0 Å². The van der Waals surface area contributed by atoms with Crippen molar-refractivity contribution in [1.82, 2.24) is 19.8 Å². The summed E-state index contributed by atoms with van der Waals surface area (Å²) in [6, 6.07) is 7.64. The van der Waals surface area contributed by atoms with Crippen LogP contribution in [-0.2, 0) is 4.74 Å². The van der Waals surface area contributed by atoms with Gasteiger partial charge in [-0.25, -0.2) is 4.98 Å². The van der Waals surface area contributed by atoms with Crippen LogP contribution in [0.5, 0.6) is 0 Å². The average Bonchev–Trinajstić information content (AvgIpc) is 3.10. The Balaban J connectivity index is 1.60. The molecule has 3 rings (SSSR count). The van der Waals surface area contributed by atoms with Crippen LogP contribution >= 0.6 is 0 Å². The number of aromatic nitrogens is 2. The van der Waals surface area contributed by atoms with Crippen molar-refractivity contribution in [2.24, 2.45) is 0 Å². The van der Waals surface area contributed by atoms with Crippen molar-refractivity contribution in [2.75, 3.05) is 32.8 Å². The van der Waals surface area contributed by atoms with Crippen molar-refractivity contribution in [3.8, 4) is 5.69 Å². The van der Waals surface area contributed by atoms with Gasteiger partial charge in [-0.1, -0.05) is 6.07 Å². The molecule has 1 saturated heterocycles. The van der Waals surface area contributed by atoms with Crippen LogP contribution < -0.4 is 5.32 Å². The van der Waals surface area contributed by atoms with E-state index in [1.807, 2.05) is 42.0 Å². The van der Waals surface area contributed by atoms with E-state index >= 15 is 0 Å². The number of rotatable bonds is 5. The molecule has 1 aliphatic rings. The van der Waals surface area contributed by atoms with Crippen molar-refractivity contribution in [3.05, 3.63) is 48.5 Å². The molecule has 6 nitrogen and oxygen atoms in total. The molecule has 23 heavy (non-hydrogen) atoms. The predicted octanol–water partition coefficient (Wildman–Crippen LogP) is 1.32. The van der Waals surface area contributed by atoms with Gasteiger partial charge in [0.1, 0.15) is 0 Å². The van der Waals surface area contributed by atoms with E-state index in [-0.39, 0.29) is 11.9 Å². The third-order valence-electron chi connectivity index (χ3n) is 3.92. The highest BCUT2D eigenvalue weighted by atomic mass is 16.5. The highest BCUT2D eigenvalue weighted by Crippen LogP contribution is 2.10. The molecular weight excluding hydrogens is 292 g/mol. The van der Waals surface area contributed by atoms with E-state index in [2.05, 4.69) is 15.2 Å². The molecule has 1 atom stereocenters. The second-order valence-corrected chi connectivity index (χ2v) is 5.81. The van der Waals surface area contributed by atoms with E-state index in [1.54, 1.807) is 12.5 Å². The summed E-state index contributed by atoms with van der Waals surface area (Å²) < 4.78 is 7.23. The first-order valence-electron chi connectivity index (χ1n) is 7.92. The molecule has 6 heteroatoms. The molecule has 1 fully saturated rings. The fraction of sp³-hybridized carbons (Fsp3) is 0.412. The highest BCUT2D eigenvalue weighted by Gasteiger charge is 2.16. The molecule has 0 aliphatic carbocycles. The van der Waals surface area contributed by atoms with Gasteiger partial charge in [-0.15, -0.1) is 0 Å². The minimum absolute atomic E-state index is 0.0484. The highest BCUT2D eigenvalue weighted by molar-refractivity contribution is 5.94. The molecule has 0 unspecified atom stereocenters. The number of nitrogens with one attached hydrogen (secondary N) is 1. The predicted molar refractivity (Wildman–Crippen MR) is 87.8 cm³/mol. The second kappa shape index (κ2) is 7.39. The van der Waals surface area contributed by atoms with Gasteiger partial charge in [0.25, 0.3) is 5.91 Å². The van der Waals surface area contributed by atoms with E-state index in [9.17, 15) is 4.79 Å². The van der Waals surface area contributed by atoms with Crippen molar-refractivity contribution >= 4 is 5.91 Å². The van der Waals surface area contributed by atoms with Gasteiger partial charge in [0.05, 0.1) is 19.5 Å². The SMILES string of the molecule is C[C@H](CN1CCOCC1)NC(=O)c1cccc(-n2ccnc2)c1. The van der Waals surface area contributed by atoms with Crippen LogP contribution in [0.3, 0.4) is 0 Å². The lowest BCUT2D eigenvalue weighted by molar-refractivity contribution is 0.0342. The monoisotopic (exact) mass is 314 g/mol. The molecular formula is C17H22N4O2. The molecule has 122 valence electrons. The molecule has 1 N–H and O–H groups in total. The van der Waals surface area contributed by atoms with Crippen LogP contribution in [0.2, 0.25) is 0 Å². The van der Waals surface area contributed by atoms with Gasteiger partial charge in [0.2, 0.25) is 0 Å². The van der Waals surface area contributed by atoms with Crippen LogP contribution in [0, 0.1) is 0 Å². The fourth-order valence-electron chi connectivity index (χ4n) is 2.74. The average molecular weight is 314 g/mol. The number of benzene rings is 1. The first-order valence-corrected chi connectivity index (χ1v) is 7.92. The summed E-state index contributed by atoms with van der Waals surface area (Å²) in [7, 11) is 0. The first-order chi connectivity index (χ1) is 11.2. The summed E-state index contributed by atoms with van der Waals surface area (Å²) in [5.74, 6) is -0.0484. The Morgan fingerprint density at radius 3 is 2.96 bits per heavy atom. The maximum absolute atomic E-state index is 12.4. The van der Waals surface area contributed by atoms with Gasteiger partial charge >= 0.3 is 0 Å². The lowest BCUT2D eigenvalue weighted by atomic mass is 10.1. The number of amides is 1. The molecule has 1 amide bonds. The third-order valence-corrected chi connectivity index (χ3v) is 3.92. The van der Waals surface area contributed by atoms with Crippen LogP contribution in [0.4, 0.5) is 0 Å². The Morgan fingerprint density at radius 2 is 2.22 bits per heavy atom. The first kappa shape index (κ1) is 15.7. The van der Waals surface area contributed by atoms with Gasteiger partial charge in [-0.3, -0.25) is 9.69 Å². The smallest absolute Gasteiger partial charge is 0.251 e. The van der Waals surface area contributed by atoms with Crippen LogP contribution in [0.1, 0.15) is 17.3 Å². The Hall–Kier alpha value is -2.18. The van der Waals surface area contributed by atoms with E-state index in [1.165, 1.54) is 0 Å². The summed E-state index contributed by atoms with van der Waals surface area (Å²) in [4.78, 5) is 18.8. The summed E-state index contributed by atoms with van der Waals surface area (Å²) in [5.41, 5.74) is 1.58. The van der Waals surface area contributed by atoms with Crippen molar-refractivity contribution < 1.29 is 9.53 Å². The maximum Gasteiger partial charge on any atom is 0.251 e. The second-order valence-electron chi connectivity index (χ2n) is 5.81. The molecule has 0 saturated carbocycles. The maximum atomic E-state index is 12.4. The minimum atomic E-state index is -0.0484. The van der Waals surface area contributed by atoms with Crippen molar-refractivity contribution in [3.63, 3.8) is 0 Å². The number of carbonyl (C=O) groups is 1. The number of ether oxygens (including phenoxy) is 1. The number of carbonyl (C=O) groups excluding carboxylic acids is 1. The number of nitrogens with zero attached hydrogens (tertiary/aromatic N) is 3. The van der Waals surface area contributed by atoms with E-state index in [0.717, 1.165) is 38.5 Å². The Bertz CT molecular complexity index is 636. The zero-order chi connectivity index (χ0) is 16.1. The van der Waals surface area contributed by atoms with E-state index in [0.29, 0.717) is 5.56 Å². The van der Waals surface area contributed by atoms with Crippen LogP contribution in [0.25, 0.3) is 5.69 Å². The topological polar surface area (TPSA) is 59.4 Å². The Morgan fingerprint density at radius 1 is 1.39 bits per heavy atom. The van der Waals surface area contributed by atoms with Crippen LogP contribution in [0.15, 0.2) is 43.0 Å². The molecule has 1 aromatic heterocycles. The molecule has 1 aromatic carbocycles. The molecule has 1 aliphatic heterocycles. The largest absolute Gasteiger partial charge is 0.379 e. The Kier molecular flexibility index (Phi) is 5.05. The van der Waals surface area contributed by atoms with Gasteiger partial charge in [0.15, 0.2) is 0 Å². The number of imidazole rings is 1. The molecule has 2 aromatic rings. The summed E-state index contributed by atoms with van der Waals surface area (Å²) in [6.07, 6.45) is 5.30. The number of hydrogen-bond donors (Lipinski definition) is 1. The third kappa shape index (κ3) is 4.18. The zero-order valence-corrected chi connectivity index (χ0v) is 13.3. The summed E-state index contributed by atoms with van der Waals surface area (Å²) >= 11 is 0. The molecule has 0 radical (unpaired) electrons. The molecule has 0 bridgehead atoms. The summed E-state index contributed by atoms with van der Waals surface area (Å²) in [6.45, 7) is 6.28. The lowest BCUT2D eigenvalue weighted by Gasteiger charge is -2.29. The fourth-order valence-corrected chi connectivity index (χ4v) is 2.74. The van der Waals surface area contributed by atoms with E-state index < -0.39 is 0 Å². The lowest BCUT2D eigenvalue weighted by Crippen LogP contribution is -2.46. The quantitative estimate of drug-likeness (QED) is 0.904. The van der Waals surface area contributed by atoms with E-state index in [4.69, 9.17) is 4.74 Å². The van der Waals surface area contributed by atoms with Crippen molar-refractivity contribution in [1.29, 1.82) is 0 Å². The van der Waals surface area contributed by atoms with Gasteiger partial charge < -0.3 is 14.6 Å². The zero-order valence-electron chi connectivity index (χ0n) is 13.3. The molecule has 2 heterocycles. The number of hydrogen-bond acceptors (Lipinski definition) is 4. The summed E-state index contributed by atoms with van der Waals surface area (Å²) in [5, 5.41) is 3.07. The standard InChI is InChI=1S/C17H22N4O2/c1-14(12-20-7-9-23-10-8-20)19-17(22)15-3-2-4-16(11-15)21-6-5-18-13-21/h2-6,11,13-14H,7-10,12H2,1H3,(H,19,22)/t14-/m1/s1. The van der Waals surface area contributed by atoms with Gasteiger partial charge in [-0.2, -0.15) is 0 Å². The number of morpholine rings is 1. The normalized spacial score (nSPS) is 16.9. The molecule has 0 spiro atoms.